The zero-order valence-electron chi connectivity index (χ0n) is 6.03. The van der Waals surface area contributed by atoms with E-state index in [1.165, 1.54) is 0 Å². The molecular weight excluding hydrogens is 229 g/mol. The molecule has 0 saturated heterocycles. The van der Waals surface area contributed by atoms with Crippen LogP contribution in [0.1, 0.15) is 6.42 Å². The van der Waals surface area contributed by atoms with Gasteiger partial charge in [-0.1, -0.05) is 0 Å². The Hall–Kier alpha value is -0.0600. The third-order valence-electron chi connectivity index (χ3n) is 1.22. The highest BCUT2D eigenvalue weighted by atomic mass is 79.9. The zero-order valence-corrected chi connectivity index (χ0v) is 8.44. The lowest BCUT2D eigenvalue weighted by atomic mass is 10.4. The topological polar surface area (TPSA) is 43.8 Å². The molecule has 0 atom stereocenters. The molecule has 64 valence electrons. The van der Waals surface area contributed by atoms with E-state index in [4.69, 9.17) is 5.73 Å². The fraction of sp³-hybridized carbons (Fsp3) is 0.500. The lowest BCUT2D eigenvalue weighted by Gasteiger charge is -1.96. The summed E-state index contributed by atoms with van der Waals surface area (Å²) >= 11 is 3.26. The standard InChI is InChI=1S/C6H10BrN3.ClH/c7-6-4-10(5-9-6)3-1-2-8;/h4-5H,1-3,8H2;1H. The smallest absolute Gasteiger partial charge is 0.124 e. The van der Waals surface area contributed by atoms with Crippen LogP contribution in [0, 0.1) is 0 Å². The van der Waals surface area contributed by atoms with Gasteiger partial charge in [-0.2, -0.15) is 0 Å². The summed E-state index contributed by atoms with van der Waals surface area (Å²) in [6, 6.07) is 0. The second kappa shape index (κ2) is 5.57. The highest BCUT2D eigenvalue weighted by Crippen LogP contribution is 2.04. The molecule has 2 N–H and O–H groups in total. The molecule has 0 saturated carbocycles. The van der Waals surface area contributed by atoms with E-state index < -0.39 is 0 Å². The van der Waals surface area contributed by atoms with Gasteiger partial charge in [0.25, 0.3) is 0 Å². The van der Waals surface area contributed by atoms with Gasteiger partial charge in [-0.25, -0.2) is 4.98 Å². The Bertz CT molecular complexity index is 201. The van der Waals surface area contributed by atoms with Crippen molar-refractivity contribution in [3.8, 4) is 0 Å². The first-order chi connectivity index (χ1) is 4.83. The monoisotopic (exact) mass is 239 g/mol. The maximum atomic E-state index is 5.34. The van der Waals surface area contributed by atoms with Crippen LogP contribution in [0.15, 0.2) is 17.1 Å². The first-order valence-corrected chi connectivity index (χ1v) is 3.99. The van der Waals surface area contributed by atoms with Crippen LogP contribution in [0.5, 0.6) is 0 Å². The minimum absolute atomic E-state index is 0. The van der Waals surface area contributed by atoms with E-state index in [1.807, 2.05) is 10.8 Å². The number of aryl methyl sites for hydroxylation is 1. The maximum absolute atomic E-state index is 5.34. The SMILES string of the molecule is Cl.NCCCn1cnc(Br)c1. The van der Waals surface area contributed by atoms with Gasteiger partial charge < -0.3 is 10.3 Å². The van der Waals surface area contributed by atoms with Crippen LogP contribution in [-0.4, -0.2) is 16.1 Å². The van der Waals surface area contributed by atoms with E-state index in [0.717, 1.165) is 24.1 Å². The summed E-state index contributed by atoms with van der Waals surface area (Å²) in [6.45, 7) is 1.69. The van der Waals surface area contributed by atoms with Crippen molar-refractivity contribution in [2.45, 2.75) is 13.0 Å². The van der Waals surface area contributed by atoms with E-state index >= 15 is 0 Å². The molecule has 0 radical (unpaired) electrons. The van der Waals surface area contributed by atoms with Gasteiger partial charge in [0.2, 0.25) is 0 Å². The largest absolute Gasteiger partial charge is 0.336 e. The van der Waals surface area contributed by atoms with Crippen molar-refractivity contribution in [2.75, 3.05) is 6.54 Å². The number of nitrogens with two attached hydrogens (primary N) is 1. The molecule has 1 heterocycles. The van der Waals surface area contributed by atoms with Crippen molar-refractivity contribution in [3.05, 3.63) is 17.1 Å². The molecule has 0 amide bonds. The Morgan fingerprint density at radius 3 is 2.82 bits per heavy atom. The number of hydrogen-bond donors (Lipinski definition) is 1. The summed E-state index contributed by atoms with van der Waals surface area (Å²) in [5.74, 6) is 0. The molecule has 0 spiro atoms. The number of imidazole rings is 1. The van der Waals surface area contributed by atoms with E-state index in [-0.39, 0.29) is 12.4 Å². The Labute approximate surface area is 80.5 Å². The third kappa shape index (κ3) is 3.74. The van der Waals surface area contributed by atoms with Crippen LogP contribution >= 0.6 is 28.3 Å². The fourth-order valence-corrected chi connectivity index (χ4v) is 1.08. The molecule has 0 fully saturated rings. The number of halogens is 2. The number of hydrogen-bond acceptors (Lipinski definition) is 2. The van der Waals surface area contributed by atoms with Gasteiger partial charge in [-0.3, -0.25) is 0 Å². The van der Waals surface area contributed by atoms with E-state index in [0.29, 0.717) is 0 Å². The van der Waals surface area contributed by atoms with Crippen molar-refractivity contribution in [1.82, 2.24) is 9.55 Å². The quantitative estimate of drug-likeness (QED) is 0.868. The normalized spacial score (nSPS) is 9.27. The first kappa shape index (κ1) is 10.9. The maximum Gasteiger partial charge on any atom is 0.124 e. The number of aromatic nitrogens is 2. The fourth-order valence-electron chi connectivity index (χ4n) is 0.729. The molecule has 1 aromatic heterocycles. The van der Waals surface area contributed by atoms with Gasteiger partial charge in [0, 0.05) is 12.7 Å². The Kier molecular flexibility index (Phi) is 5.54. The van der Waals surface area contributed by atoms with Crippen LogP contribution in [0.2, 0.25) is 0 Å². The van der Waals surface area contributed by atoms with Gasteiger partial charge in [0.15, 0.2) is 0 Å². The van der Waals surface area contributed by atoms with E-state index in [9.17, 15) is 0 Å². The van der Waals surface area contributed by atoms with Crippen molar-refractivity contribution in [3.63, 3.8) is 0 Å². The molecule has 0 bridgehead atoms. The van der Waals surface area contributed by atoms with Crippen molar-refractivity contribution in [2.24, 2.45) is 5.73 Å². The average molecular weight is 241 g/mol. The van der Waals surface area contributed by atoms with Gasteiger partial charge >= 0.3 is 0 Å². The van der Waals surface area contributed by atoms with Gasteiger partial charge in [-0.15, -0.1) is 12.4 Å². The highest BCUT2D eigenvalue weighted by Gasteiger charge is 1.91. The molecule has 3 nitrogen and oxygen atoms in total. The minimum atomic E-state index is 0. The first-order valence-electron chi connectivity index (χ1n) is 3.20. The lowest BCUT2D eigenvalue weighted by molar-refractivity contribution is 0.650. The highest BCUT2D eigenvalue weighted by molar-refractivity contribution is 9.10. The Balaban J connectivity index is 0.000001000. The molecule has 1 rings (SSSR count). The second-order valence-corrected chi connectivity index (χ2v) is 2.89. The van der Waals surface area contributed by atoms with Gasteiger partial charge in [0.05, 0.1) is 6.33 Å². The van der Waals surface area contributed by atoms with Crippen LogP contribution in [0.4, 0.5) is 0 Å². The number of rotatable bonds is 3. The van der Waals surface area contributed by atoms with Crippen molar-refractivity contribution in [1.29, 1.82) is 0 Å². The summed E-state index contributed by atoms with van der Waals surface area (Å²) in [6.07, 6.45) is 4.73. The van der Waals surface area contributed by atoms with E-state index in [2.05, 4.69) is 20.9 Å². The molecule has 5 heteroatoms. The van der Waals surface area contributed by atoms with Crippen molar-refractivity contribution < 1.29 is 0 Å². The van der Waals surface area contributed by atoms with Gasteiger partial charge in [0.1, 0.15) is 4.60 Å². The summed E-state index contributed by atoms with van der Waals surface area (Å²) in [4.78, 5) is 4.01. The molecule has 0 aliphatic rings. The Morgan fingerprint density at radius 2 is 2.36 bits per heavy atom. The average Bonchev–Trinajstić information content (AvgIpc) is 2.31. The molecule has 11 heavy (non-hydrogen) atoms. The van der Waals surface area contributed by atoms with Crippen LogP contribution in [0.3, 0.4) is 0 Å². The third-order valence-corrected chi connectivity index (χ3v) is 1.63. The summed E-state index contributed by atoms with van der Waals surface area (Å²) in [7, 11) is 0. The molecule has 0 aliphatic heterocycles. The molecule has 0 unspecified atom stereocenters. The second-order valence-electron chi connectivity index (χ2n) is 2.08. The predicted molar refractivity (Wildman–Crippen MR) is 50.8 cm³/mol. The van der Waals surface area contributed by atoms with Crippen LogP contribution in [-0.2, 0) is 6.54 Å². The predicted octanol–water partition coefficient (Wildman–Crippen LogP) is 1.42. The molecule has 1 aromatic rings. The summed E-state index contributed by atoms with van der Waals surface area (Å²) in [5.41, 5.74) is 5.34. The summed E-state index contributed by atoms with van der Waals surface area (Å²) in [5, 5.41) is 0. The lowest BCUT2D eigenvalue weighted by Crippen LogP contribution is -2.03. The van der Waals surface area contributed by atoms with Crippen molar-refractivity contribution >= 4 is 28.3 Å². The number of nitrogens with zero attached hydrogens (tertiary/aromatic N) is 2. The van der Waals surface area contributed by atoms with Gasteiger partial charge in [-0.05, 0) is 28.9 Å². The van der Waals surface area contributed by atoms with E-state index in [1.54, 1.807) is 6.33 Å². The minimum Gasteiger partial charge on any atom is -0.336 e. The molecular formula is C6H11BrClN3. The van der Waals surface area contributed by atoms with Crippen LogP contribution < -0.4 is 5.73 Å². The molecule has 0 aliphatic carbocycles. The zero-order chi connectivity index (χ0) is 7.40. The Morgan fingerprint density at radius 1 is 1.64 bits per heavy atom. The summed E-state index contributed by atoms with van der Waals surface area (Å²) < 4.78 is 2.89. The van der Waals surface area contributed by atoms with Crippen LogP contribution in [0.25, 0.3) is 0 Å². The molecule has 0 aromatic carbocycles.